The predicted octanol–water partition coefficient (Wildman–Crippen LogP) is 2.75. The molecule has 0 amide bonds. The smallest absolute Gasteiger partial charge is 0.198 e. The molecular formula is C12H13N3S. The third-order valence-corrected chi connectivity index (χ3v) is 2.48. The van der Waals surface area contributed by atoms with Crippen molar-refractivity contribution in [1.82, 2.24) is 9.78 Å². The predicted molar refractivity (Wildman–Crippen MR) is 69.8 cm³/mol. The van der Waals surface area contributed by atoms with E-state index in [1.54, 1.807) is 10.9 Å². The molecule has 0 aliphatic carbocycles. The molecule has 2 rings (SSSR count). The Balaban J connectivity index is 2.13. The number of anilines is 1. The molecule has 1 heterocycles. The molecule has 0 radical (unpaired) electrons. The van der Waals surface area contributed by atoms with Gasteiger partial charge in [0.05, 0.1) is 6.20 Å². The quantitative estimate of drug-likeness (QED) is 0.765. The number of rotatable bonds is 1. The Hall–Kier alpha value is -1.68. The van der Waals surface area contributed by atoms with Crippen LogP contribution in [0.15, 0.2) is 36.7 Å². The zero-order chi connectivity index (χ0) is 11.5. The van der Waals surface area contributed by atoms with Gasteiger partial charge in [0.15, 0.2) is 5.11 Å². The summed E-state index contributed by atoms with van der Waals surface area (Å²) in [5, 5.41) is 7.87. The number of benzene rings is 1. The lowest BCUT2D eigenvalue weighted by atomic mass is 10.2. The molecule has 1 aromatic carbocycles. The summed E-state index contributed by atoms with van der Waals surface area (Å²) in [5.41, 5.74) is 3.27. The summed E-state index contributed by atoms with van der Waals surface area (Å²) in [5.74, 6) is 0. The summed E-state index contributed by atoms with van der Waals surface area (Å²) < 4.78 is 1.66. The molecule has 0 saturated heterocycles. The van der Waals surface area contributed by atoms with Gasteiger partial charge in [-0.1, -0.05) is 12.1 Å². The van der Waals surface area contributed by atoms with Crippen LogP contribution in [0.25, 0.3) is 0 Å². The Labute approximate surface area is 100 Å². The van der Waals surface area contributed by atoms with Crippen LogP contribution in [0, 0.1) is 13.8 Å². The molecule has 82 valence electrons. The zero-order valence-electron chi connectivity index (χ0n) is 9.27. The summed E-state index contributed by atoms with van der Waals surface area (Å²) in [6.45, 7) is 4.03. The van der Waals surface area contributed by atoms with Crippen LogP contribution < -0.4 is 5.32 Å². The molecule has 0 unspecified atom stereocenters. The van der Waals surface area contributed by atoms with E-state index in [9.17, 15) is 0 Å². The minimum atomic E-state index is 0.582. The molecule has 0 fully saturated rings. The van der Waals surface area contributed by atoms with Gasteiger partial charge in [-0.05, 0) is 49.3 Å². The fraction of sp³-hybridized carbons (Fsp3) is 0.167. The number of aromatic nitrogens is 2. The summed E-state index contributed by atoms with van der Waals surface area (Å²) in [4.78, 5) is 0. The van der Waals surface area contributed by atoms with E-state index in [0.717, 1.165) is 11.3 Å². The van der Waals surface area contributed by atoms with Gasteiger partial charge in [-0.3, -0.25) is 0 Å². The Kier molecular flexibility index (Phi) is 3.01. The Morgan fingerprint density at radius 3 is 2.75 bits per heavy atom. The average Bonchev–Trinajstić information content (AvgIpc) is 2.65. The normalized spacial score (nSPS) is 10.1. The first kappa shape index (κ1) is 10.8. The molecule has 0 aliphatic heterocycles. The van der Waals surface area contributed by atoms with Crippen molar-refractivity contribution >= 4 is 23.0 Å². The first-order valence-electron chi connectivity index (χ1n) is 5.04. The lowest BCUT2D eigenvalue weighted by Gasteiger charge is -2.07. The van der Waals surface area contributed by atoms with E-state index in [4.69, 9.17) is 12.2 Å². The van der Waals surface area contributed by atoms with Crippen LogP contribution in [0.4, 0.5) is 5.69 Å². The topological polar surface area (TPSA) is 29.9 Å². The van der Waals surface area contributed by atoms with E-state index in [0.29, 0.717) is 5.11 Å². The van der Waals surface area contributed by atoms with E-state index in [1.165, 1.54) is 5.56 Å². The number of thiocarbonyl (C=S) groups is 1. The van der Waals surface area contributed by atoms with Gasteiger partial charge in [0.1, 0.15) is 0 Å². The van der Waals surface area contributed by atoms with E-state index < -0.39 is 0 Å². The van der Waals surface area contributed by atoms with Crippen molar-refractivity contribution in [3.63, 3.8) is 0 Å². The van der Waals surface area contributed by atoms with Crippen molar-refractivity contribution in [2.24, 2.45) is 0 Å². The Bertz CT molecular complexity index is 516. The highest BCUT2D eigenvalue weighted by Gasteiger charge is 2.01. The van der Waals surface area contributed by atoms with Crippen LogP contribution in [0.3, 0.4) is 0 Å². The summed E-state index contributed by atoms with van der Waals surface area (Å²) >= 11 is 5.25. The minimum absolute atomic E-state index is 0.582. The highest BCUT2D eigenvalue weighted by Crippen LogP contribution is 2.10. The first-order chi connectivity index (χ1) is 7.65. The number of aryl methyl sites for hydroxylation is 2. The van der Waals surface area contributed by atoms with Crippen LogP contribution in [-0.4, -0.2) is 14.9 Å². The summed E-state index contributed by atoms with van der Waals surface area (Å²) in [7, 11) is 0. The number of hydrogen-bond donors (Lipinski definition) is 1. The van der Waals surface area contributed by atoms with Gasteiger partial charge in [-0.25, -0.2) is 4.68 Å². The average molecular weight is 231 g/mol. The molecule has 0 spiro atoms. The molecule has 4 heteroatoms. The fourth-order valence-corrected chi connectivity index (χ4v) is 1.65. The van der Waals surface area contributed by atoms with Gasteiger partial charge in [0, 0.05) is 11.9 Å². The molecule has 1 N–H and O–H groups in total. The maximum atomic E-state index is 5.25. The molecule has 3 nitrogen and oxygen atoms in total. The van der Waals surface area contributed by atoms with E-state index in [-0.39, 0.29) is 0 Å². The standard InChI is InChI=1S/C12H13N3S/c1-9-4-3-5-11(6-9)14-12(16)15-8-10(2)7-13-15/h3-8H,1-2H3,(H,14,16). The molecule has 0 saturated carbocycles. The van der Waals surface area contributed by atoms with Crippen molar-refractivity contribution in [1.29, 1.82) is 0 Å². The van der Waals surface area contributed by atoms with Gasteiger partial charge in [-0.15, -0.1) is 0 Å². The van der Waals surface area contributed by atoms with Crippen LogP contribution >= 0.6 is 12.2 Å². The van der Waals surface area contributed by atoms with Crippen LogP contribution in [-0.2, 0) is 0 Å². The molecule has 0 atom stereocenters. The van der Waals surface area contributed by atoms with Crippen molar-refractivity contribution in [2.45, 2.75) is 13.8 Å². The number of nitrogens with zero attached hydrogens (tertiary/aromatic N) is 2. The minimum Gasteiger partial charge on any atom is -0.331 e. The zero-order valence-corrected chi connectivity index (χ0v) is 10.1. The van der Waals surface area contributed by atoms with Gasteiger partial charge in [0.25, 0.3) is 0 Å². The molecule has 0 bridgehead atoms. The first-order valence-corrected chi connectivity index (χ1v) is 5.45. The fourth-order valence-electron chi connectivity index (χ4n) is 1.43. The Morgan fingerprint density at radius 1 is 1.31 bits per heavy atom. The van der Waals surface area contributed by atoms with Crippen molar-refractivity contribution in [3.05, 3.63) is 47.8 Å². The summed E-state index contributed by atoms with van der Waals surface area (Å²) in [6, 6.07) is 8.07. The van der Waals surface area contributed by atoms with Crippen LogP contribution in [0.5, 0.6) is 0 Å². The maximum absolute atomic E-state index is 5.25. The molecular weight excluding hydrogens is 218 g/mol. The van der Waals surface area contributed by atoms with Crippen molar-refractivity contribution in [3.8, 4) is 0 Å². The second-order valence-corrected chi connectivity index (χ2v) is 4.15. The third-order valence-electron chi connectivity index (χ3n) is 2.19. The second kappa shape index (κ2) is 4.45. The molecule has 0 aliphatic rings. The lowest BCUT2D eigenvalue weighted by Crippen LogP contribution is -2.19. The monoisotopic (exact) mass is 231 g/mol. The van der Waals surface area contributed by atoms with Gasteiger partial charge >= 0.3 is 0 Å². The number of hydrogen-bond acceptors (Lipinski definition) is 2. The van der Waals surface area contributed by atoms with Gasteiger partial charge in [0.2, 0.25) is 0 Å². The molecule has 16 heavy (non-hydrogen) atoms. The third kappa shape index (κ3) is 2.46. The molecule has 2 aromatic rings. The summed E-state index contributed by atoms with van der Waals surface area (Å²) in [6.07, 6.45) is 3.68. The van der Waals surface area contributed by atoms with Gasteiger partial charge < -0.3 is 5.32 Å². The highest BCUT2D eigenvalue weighted by molar-refractivity contribution is 7.80. The highest BCUT2D eigenvalue weighted by atomic mass is 32.1. The van der Waals surface area contributed by atoms with Crippen LogP contribution in [0.1, 0.15) is 11.1 Å². The van der Waals surface area contributed by atoms with E-state index in [2.05, 4.69) is 10.4 Å². The lowest BCUT2D eigenvalue weighted by molar-refractivity contribution is 0.947. The maximum Gasteiger partial charge on any atom is 0.198 e. The van der Waals surface area contributed by atoms with Crippen LogP contribution in [0.2, 0.25) is 0 Å². The van der Waals surface area contributed by atoms with Crippen molar-refractivity contribution < 1.29 is 0 Å². The SMILES string of the molecule is Cc1cccc(NC(=S)n2cc(C)cn2)c1. The van der Waals surface area contributed by atoms with E-state index in [1.807, 2.05) is 44.3 Å². The molecule has 1 aromatic heterocycles. The Morgan fingerprint density at radius 2 is 2.12 bits per heavy atom. The van der Waals surface area contributed by atoms with Crippen molar-refractivity contribution in [2.75, 3.05) is 5.32 Å². The van der Waals surface area contributed by atoms with E-state index >= 15 is 0 Å². The number of nitrogens with one attached hydrogen (secondary N) is 1. The van der Waals surface area contributed by atoms with Gasteiger partial charge in [-0.2, -0.15) is 5.10 Å². The second-order valence-electron chi connectivity index (χ2n) is 3.76. The largest absolute Gasteiger partial charge is 0.331 e.